The number of amides is 1. The molecule has 2 heterocycles. The van der Waals surface area contributed by atoms with Crippen LogP contribution in [0.4, 0.5) is 0 Å². The first-order chi connectivity index (χ1) is 16.7. The number of carbonyl (C=O) groups is 1. The number of hydrogen-bond donors (Lipinski definition) is 1. The lowest BCUT2D eigenvalue weighted by Gasteiger charge is -2.24. The monoisotopic (exact) mass is 512 g/mol. The first-order valence-electron chi connectivity index (χ1n) is 10.9. The van der Waals surface area contributed by atoms with Gasteiger partial charge in [-0.15, -0.1) is 0 Å². The Morgan fingerprint density at radius 2 is 1.66 bits per heavy atom. The van der Waals surface area contributed by atoms with E-state index in [0.29, 0.717) is 24.5 Å². The predicted molar refractivity (Wildman–Crippen MR) is 138 cm³/mol. The number of para-hydroxylation sites is 1. The van der Waals surface area contributed by atoms with Crippen molar-refractivity contribution < 1.29 is 22.7 Å². The molecular formula is C24H24N4O5S2. The van der Waals surface area contributed by atoms with Crippen molar-refractivity contribution in [1.82, 2.24) is 4.90 Å². The number of benzene rings is 2. The average Bonchev–Trinajstić information content (AvgIpc) is 3.25. The molecule has 0 aromatic heterocycles. The number of ether oxygens (including phenoxy) is 2. The molecule has 4 rings (SSSR count). The predicted octanol–water partition coefficient (Wildman–Crippen LogP) is 3.79. The topological polar surface area (TPSA) is 121 Å². The van der Waals surface area contributed by atoms with Crippen molar-refractivity contribution in [2.75, 3.05) is 19.0 Å². The number of fused-ring (bicyclic) bond motifs is 1. The Morgan fingerprint density at radius 1 is 1.03 bits per heavy atom. The highest BCUT2D eigenvalue weighted by molar-refractivity contribution is 8.16. The summed E-state index contributed by atoms with van der Waals surface area (Å²) in [5.74, 6) is 0.271. The first-order valence-corrected chi connectivity index (χ1v) is 13.3. The van der Waals surface area contributed by atoms with Crippen molar-refractivity contribution in [2.24, 2.45) is 15.3 Å². The van der Waals surface area contributed by atoms with Crippen LogP contribution in [0.3, 0.4) is 0 Å². The lowest BCUT2D eigenvalue weighted by molar-refractivity contribution is -0.114. The highest BCUT2D eigenvalue weighted by Gasteiger charge is 2.42. The van der Waals surface area contributed by atoms with Crippen LogP contribution in [-0.2, 0) is 14.6 Å². The number of sulfone groups is 1. The van der Waals surface area contributed by atoms with Gasteiger partial charge in [-0.1, -0.05) is 44.2 Å². The molecule has 11 heteroatoms. The molecule has 2 aromatic rings. The average molecular weight is 513 g/mol. The quantitative estimate of drug-likeness (QED) is 0.324. The van der Waals surface area contributed by atoms with Crippen LogP contribution in [0, 0.1) is 11.3 Å². The summed E-state index contributed by atoms with van der Waals surface area (Å²) in [6.07, 6.45) is 1.50. The molecule has 0 fully saturated rings. The second-order valence-electron chi connectivity index (χ2n) is 8.16. The van der Waals surface area contributed by atoms with Gasteiger partial charge in [0.2, 0.25) is 20.2 Å². The van der Waals surface area contributed by atoms with E-state index >= 15 is 0 Å². The minimum Gasteiger partial charge on any atom is -0.490 e. The van der Waals surface area contributed by atoms with E-state index in [2.05, 4.69) is 9.39 Å². The van der Waals surface area contributed by atoms with Crippen LogP contribution in [0.5, 0.6) is 11.5 Å². The molecule has 0 bridgehead atoms. The highest BCUT2D eigenvalue weighted by atomic mass is 32.2. The van der Waals surface area contributed by atoms with Crippen molar-refractivity contribution in [3.8, 4) is 11.5 Å². The van der Waals surface area contributed by atoms with Crippen molar-refractivity contribution in [2.45, 2.75) is 13.8 Å². The molecule has 0 unspecified atom stereocenters. The van der Waals surface area contributed by atoms with E-state index in [1.54, 1.807) is 38.1 Å². The van der Waals surface area contributed by atoms with Crippen LogP contribution in [-0.4, -0.2) is 54.4 Å². The van der Waals surface area contributed by atoms with Crippen molar-refractivity contribution in [3.63, 3.8) is 0 Å². The maximum absolute atomic E-state index is 12.8. The first kappa shape index (κ1) is 24.7. The SMILES string of the molecule is CC(C)CS(=O)(=O)C1=NSC2=NC(=O)/C(=C\c3ccc(OCCOc4ccccc4)cc3)C(=N)N21. The number of carbonyl (C=O) groups excluding carboxylic acids is 1. The van der Waals surface area contributed by atoms with E-state index in [1.807, 2.05) is 30.3 Å². The summed E-state index contributed by atoms with van der Waals surface area (Å²) in [4.78, 5) is 17.6. The largest absolute Gasteiger partial charge is 0.490 e. The number of hydrogen-bond acceptors (Lipinski definition) is 8. The van der Waals surface area contributed by atoms with Gasteiger partial charge in [0, 0.05) is 0 Å². The lowest BCUT2D eigenvalue weighted by atomic mass is 10.1. The fraction of sp³-hybridized carbons (Fsp3) is 0.250. The van der Waals surface area contributed by atoms with Crippen molar-refractivity contribution >= 4 is 49.9 Å². The van der Waals surface area contributed by atoms with E-state index < -0.39 is 15.7 Å². The molecular weight excluding hydrogens is 488 g/mol. The van der Waals surface area contributed by atoms with Crippen LogP contribution in [0.15, 0.2) is 69.6 Å². The zero-order chi connectivity index (χ0) is 25.0. The fourth-order valence-corrected chi connectivity index (χ4v) is 6.11. The summed E-state index contributed by atoms with van der Waals surface area (Å²) in [5, 5.41) is 8.34. The molecule has 9 nitrogen and oxygen atoms in total. The van der Waals surface area contributed by atoms with Gasteiger partial charge < -0.3 is 9.47 Å². The number of rotatable bonds is 8. The molecule has 0 radical (unpaired) electrons. The fourth-order valence-electron chi connectivity index (χ4n) is 3.38. The van der Waals surface area contributed by atoms with Gasteiger partial charge in [-0.05, 0) is 41.8 Å². The zero-order valence-electron chi connectivity index (χ0n) is 19.2. The maximum atomic E-state index is 12.8. The van der Waals surface area contributed by atoms with Crippen LogP contribution >= 0.6 is 11.9 Å². The molecule has 182 valence electrons. The number of amidine groups is 3. The summed E-state index contributed by atoms with van der Waals surface area (Å²) in [5.41, 5.74) is 0.619. The number of nitrogens with one attached hydrogen (secondary N) is 1. The van der Waals surface area contributed by atoms with Gasteiger partial charge >= 0.3 is 0 Å². The molecule has 0 spiro atoms. The summed E-state index contributed by atoms with van der Waals surface area (Å²) in [6.45, 7) is 4.32. The van der Waals surface area contributed by atoms with Gasteiger partial charge in [0.05, 0.1) is 23.3 Å². The van der Waals surface area contributed by atoms with Gasteiger partial charge in [-0.3, -0.25) is 10.2 Å². The van der Waals surface area contributed by atoms with Crippen LogP contribution in [0.25, 0.3) is 6.08 Å². The zero-order valence-corrected chi connectivity index (χ0v) is 20.8. The Morgan fingerprint density at radius 3 is 2.29 bits per heavy atom. The van der Waals surface area contributed by atoms with E-state index in [0.717, 1.165) is 22.6 Å². The van der Waals surface area contributed by atoms with Gasteiger partial charge in [0.15, 0.2) is 0 Å². The summed E-state index contributed by atoms with van der Waals surface area (Å²) >= 11 is 0.783. The molecule has 0 aliphatic carbocycles. The molecule has 0 atom stereocenters. The Bertz CT molecular complexity index is 1320. The highest BCUT2D eigenvalue weighted by Crippen LogP contribution is 2.30. The van der Waals surface area contributed by atoms with E-state index in [-0.39, 0.29) is 33.4 Å². The smallest absolute Gasteiger partial charge is 0.283 e. The number of aliphatic imine (C=N–C) groups is 1. The second-order valence-corrected chi connectivity index (χ2v) is 10.8. The third-order valence-corrected chi connectivity index (χ3v) is 7.63. The van der Waals surface area contributed by atoms with E-state index in [9.17, 15) is 13.2 Å². The molecule has 35 heavy (non-hydrogen) atoms. The molecule has 2 aliphatic heterocycles. The number of nitrogens with zero attached hydrogens (tertiary/aromatic N) is 3. The summed E-state index contributed by atoms with van der Waals surface area (Å²) < 4.78 is 40.8. The third kappa shape index (κ3) is 5.80. The van der Waals surface area contributed by atoms with Gasteiger partial charge in [0.1, 0.15) is 30.5 Å². The Labute approximate surface area is 208 Å². The van der Waals surface area contributed by atoms with Crippen LogP contribution < -0.4 is 9.47 Å². The Hall–Kier alpha value is -3.44. The van der Waals surface area contributed by atoms with E-state index in [1.165, 1.54) is 6.08 Å². The summed E-state index contributed by atoms with van der Waals surface area (Å²) in [7, 11) is -3.74. The van der Waals surface area contributed by atoms with Crippen molar-refractivity contribution in [3.05, 3.63) is 65.7 Å². The molecule has 2 aromatic carbocycles. The van der Waals surface area contributed by atoms with Crippen molar-refractivity contribution in [1.29, 1.82) is 5.41 Å². The third-order valence-electron chi connectivity index (χ3n) is 4.88. The Kier molecular flexibility index (Phi) is 7.37. The molecule has 2 aliphatic rings. The molecule has 0 saturated heterocycles. The van der Waals surface area contributed by atoms with Gasteiger partial charge in [-0.2, -0.15) is 9.39 Å². The van der Waals surface area contributed by atoms with Crippen LogP contribution in [0.1, 0.15) is 19.4 Å². The second kappa shape index (κ2) is 10.4. The standard InChI is InChI=1S/C24H24N4O5S2/c1-16(2)15-35(30,31)24-27-34-23-26-22(29)20(21(25)28(23)24)14-17-8-10-19(11-9-17)33-13-12-32-18-6-4-3-5-7-18/h3-11,14,16,25H,12-13,15H2,1-2H3/b20-14-,25-21?. The lowest BCUT2D eigenvalue weighted by Crippen LogP contribution is -2.46. The van der Waals surface area contributed by atoms with E-state index in [4.69, 9.17) is 14.9 Å². The summed E-state index contributed by atoms with van der Waals surface area (Å²) in [6, 6.07) is 16.4. The molecule has 1 N–H and O–H groups in total. The molecule has 0 saturated carbocycles. The maximum Gasteiger partial charge on any atom is 0.283 e. The molecule has 1 amide bonds. The van der Waals surface area contributed by atoms with Gasteiger partial charge in [-0.25, -0.2) is 13.3 Å². The minimum absolute atomic E-state index is 0.0198. The van der Waals surface area contributed by atoms with Gasteiger partial charge in [0.25, 0.3) is 5.91 Å². The normalized spacial score (nSPS) is 16.9. The van der Waals surface area contributed by atoms with Crippen LogP contribution in [0.2, 0.25) is 0 Å². The Balaban J connectivity index is 1.43. The minimum atomic E-state index is -3.74.